The Hall–Kier alpha value is -3.67. The molecule has 1 aromatic heterocycles. The number of fused-ring (bicyclic) bond motifs is 1. The Bertz CT molecular complexity index is 1270. The second-order valence-corrected chi connectivity index (χ2v) is 8.00. The van der Waals surface area contributed by atoms with E-state index >= 15 is 0 Å². The van der Waals surface area contributed by atoms with Gasteiger partial charge in [-0.1, -0.05) is 29.8 Å². The van der Waals surface area contributed by atoms with Crippen LogP contribution in [0.2, 0.25) is 0 Å². The average molecular weight is 449 g/mol. The number of amides is 1. The van der Waals surface area contributed by atoms with Crippen LogP contribution < -0.4 is 4.74 Å². The number of nitrogens with zero attached hydrogens (tertiary/aromatic N) is 2. The van der Waals surface area contributed by atoms with Crippen LogP contribution in [0.4, 0.5) is 13.6 Å². The molecule has 6 heteroatoms. The second-order valence-electron chi connectivity index (χ2n) is 8.00. The standard InChI is InChI=1S/C27H26F2N2O2/c1-4-30(5-2)27(32)33-25-11-10-24-23(26(25)20-8-6-18(3)7-9-20)12-13-31(24)17-19-14-21(28)16-22(29)15-19/h6-16H,4-5,17H2,1-3H3. The smallest absolute Gasteiger partial charge is 0.410 e. The molecule has 0 aliphatic rings. The molecule has 0 saturated carbocycles. The number of benzene rings is 3. The number of aromatic nitrogens is 1. The molecule has 4 nitrogen and oxygen atoms in total. The van der Waals surface area contributed by atoms with Crippen molar-refractivity contribution in [3.63, 3.8) is 0 Å². The van der Waals surface area contributed by atoms with Crippen molar-refractivity contribution in [1.82, 2.24) is 9.47 Å². The Morgan fingerprint density at radius 3 is 2.24 bits per heavy atom. The van der Waals surface area contributed by atoms with Crippen molar-refractivity contribution in [1.29, 1.82) is 0 Å². The minimum atomic E-state index is -0.604. The van der Waals surface area contributed by atoms with Gasteiger partial charge in [0.1, 0.15) is 17.4 Å². The highest BCUT2D eigenvalue weighted by atomic mass is 19.1. The van der Waals surface area contributed by atoms with E-state index < -0.39 is 17.7 Å². The summed E-state index contributed by atoms with van der Waals surface area (Å²) in [5, 5.41) is 0.889. The van der Waals surface area contributed by atoms with Crippen LogP contribution >= 0.6 is 0 Å². The van der Waals surface area contributed by atoms with Gasteiger partial charge >= 0.3 is 6.09 Å². The topological polar surface area (TPSA) is 34.5 Å². The van der Waals surface area contributed by atoms with E-state index in [-0.39, 0.29) is 0 Å². The summed E-state index contributed by atoms with van der Waals surface area (Å²) in [5.74, 6) is -0.738. The lowest BCUT2D eigenvalue weighted by molar-refractivity contribution is 0.157. The fraction of sp³-hybridized carbons (Fsp3) is 0.222. The normalized spacial score (nSPS) is 11.1. The Morgan fingerprint density at radius 1 is 0.939 bits per heavy atom. The van der Waals surface area contributed by atoms with Gasteiger partial charge in [-0.05, 0) is 62.2 Å². The molecule has 3 aromatic carbocycles. The van der Waals surface area contributed by atoms with Gasteiger partial charge in [-0.25, -0.2) is 13.6 Å². The number of rotatable bonds is 6. The molecule has 0 spiro atoms. The van der Waals surface area contributed by atoms with E-state index in [1.165, 1.54) is 12.1 Å². The Balaban J connectivity index is 1.81. The van der Waals surface area contributed by atoms with E-state index in [1.54, 1.807) is 11.0 Å². The summed E-state index contributed by atoms with van der Waals surface area (Å²) in [5.41, 5.74) is 4.25. The molecule has 4 rings (SSSR count). The van der Waals surface area contributed by atoms with Crippen molar-refractivity contribution in [3.8, 4) is 16.9 Å². The highest BCUT2D eigenvalue weighted by Gasteiger charge is 2.19. The number of carbonyl (C=O) groups is 1. The Morgan fingerprint density at radius 2 is 1.61 bits per heavy atom. The highest BCUT2D eigenvalue weighted by Crippen LogP contribution is 2.38. The van der Waals surface area contributed by atoms with E-state index in [0.717, 1.165) is 33.7 Å². The van der Waals surface area contributed by atoms with Gasteiger partial charge in [-0.3, -0.25) is 0 Å². The van der Waals surface area contributed by atoms with Crippen molar-refractivity contribution in [3.05, 3.63) is 89.6 Å². The first-order valence-corrected chi connectivity index (χ1v) is 11.0. The van der Waals surface area contributed by atoms with Crippen LogP contribution in [0.25, 0.3) is 22.0 Å². The fourth-order valence-corrected chi connectivity index (χ4v) is 4.03. The van der Waals surface area contributed by atoms with Crippen LogP contribution in [0.15, 0.2) is 66.9 Å². The molecule has 0 bridgehead atoms. The van der Waals surface area contributed by atoms with Crippen LogP contribution in [-0.4, -0.2) is 28.6 Å². The third-order valence-electron chi connectivity index (χ3n) is 5.75. The number of ether oxygens (including phenoxy) is 1. The lowest BCUT2D eigenvalue weighted by Crippen LogP contribution is -2.33. The van der Waals surface area contributed by atoms with Crippen LogP contribution in [0.1, 0.15) is 25.0 Å². The second kappa shape index (κ2) is 9.45. The molecule has 1 heterocycles. The summed E-state index contributed by atoms with van der Waals surface area (Å²) < 4.78 is 35.1. The number of halogens is 2. The van der Waals surface area contributed by atoms with Gasteiger partial charge in [0, 0.05) is 48.4 Å². The van der Waals surface area contributed by atoms with Gasteiger partial charge in [-0.2, -0.15) is 0 Å². The first kappa shape index (κ1) is 22.5. The predicted octanol–water partition coefficient (Wildman–Crippen LogP) is 6.78. The van der Waals surface area contributed by atoms with Crippen LogP contribution in [0.5, 0.6) is 5.75 Å². The van der Waals surface area contributed by atoms with Gasteiger partial charge in [0.25, 0.3) is 0 Å². The van der Waals surface area contributed by atoms with Crippen molar-refractivity contribution in [2.75, 3.05) is 13.1 Å². The van der Waals surface area contributed by atoms with Gasteiger partial charge in [0.2, 0.25) is 0 Å². The lowest BCUT2D eigenvalue weighted by atomic mass is 9.99. The maximum Gasteiger partial charge on any atom is 0.415 e. The number of hydrogen-bond donors (Lipinski definition) is 0. The monoisotopic (exact) mass is 448 g/mol. The van der Waals surface area contributed by atoms with Crippen molar-refractivity contribution >= 4 is 17.0 Å². The Labute approximate surface area is 192 Å². The molecule has 1 amide bonds. The molecule has 0 atom stereocenters. The molecule has 4 aromatic rings. The van der Waals surface area contributed by atoms with Gasteiger partial charge < -0.3 is 14.2 Å². The predicted molar refractivity (Wildman–Crippen MR) is 127 cm³/mol. The third-order valence-corrected chi connectivity index (χ3v) is 5.75. The van der Waals surface area contributed by atoms with E-state index in [9.17, 15) is 13.6 Å². The van der Waals surface area contributed by atoms with E-state index in [1.807, 2.05) is 67.9 Å². The van der Waals surface area contributed by atoms with Gasteiger partial charge in [0.15, 0.2) is 0 Å². The molecule has 0 fully saturated rings. The molecule has 0 unspecified atom stereocenters. The molecule has 33 heavy (non-hydrogen) atoms. The lowest BCUT2D eigenvalue weighted by Gasteiger charge is -2.20. The van der Waals surface area contributed by atoms with E-state index in [4.69, 9.17) is 4.74 Å². The Kier molecular flexibility index (Phi) is 6.45. The summed E-state index contributed by atoms with van der Waals surface area (Å²) in [4.78, 5) is 14.3. The zero-order valence-electron chi connectivity index (χ0n) is 18.9. The van der Waals surface area contributed by atoms with Gasteiger partial charge in [-0.15, -0.1) is 0 Å². The average Bonchev–Trinajstić information content (AvgIpc) is 3.17. The molecule has 170 valence electrons. The molecule has 0 N–H and O–H groups in total. The summed E-state index contributed by atoms with van der Waals surface area (Å²) in [6, 6.07) is 17.1. The number of aryl methyl sites for hydroxylation is 1. The summed E-state index contributed by atoms with van der Waals surface area (Å²) in [7, 11) is 0. The largest absolute Gasteiger partial charge is 0.415 e. The summed E-state index contributed by atoms with van der Waals surface area (Å²) in [6.45, 7) is 7.24. The molecular formula is C27H26F2N2O2. The molecule has 0 radical (unpaired) electrons. The maximum absolute atomic E-state index is 13.7. The SMILES string of the molecule is CCN(CC)C(=O)Oc1ccc2c(ccn2Cc2cc(F)cc(F)c2)c1-c1ccc(C)cc1. The van der Waals surface area contributed by atoms with Crippen molar-refractivity contribution in [2.24, 2.45) is 0 Å². The molecule has 0 aliphatic carbocycles. The summed E-state index contributed by atoms with van der Waals surface area (Å²) >= 11 is 0. The summed E-state index contributed by atoms with van der Waals surface area (Å²) in [6.07, 6.45) is 1.48. The van der Waals surface area contributed by atoms with Crippen molar-refractivity contribution in [2.45, 2.75) is 27.3 Å². The van der Waals surface area contributed by atoms with Crippen LogP contribution in [-0.2, 0) is 6.54 Å². The van der Waals surface area contributed by atoms with Gasteiger partial charge in [0.05, 0.1) is 0 Å². The highest BCUT2D eigenvalue weighted by molar-refractivity contribution is 5.99. The molecule has 0 saturated heterocycles. The van der Waals surface area contributed by atoms with Crippen molar-refractivity contribution < 1.29 is 18.3 Å². The van der Waals surface area contributed by atoms with Crippen LogP contribution in [0.3, 0.4) is 0 Å². The zero-order valence-corrected chi connectivity index (χ0v) is 18.9. The fourth-order valence-electron chi connectivity index (χ4n) is 4.03. The van der Waals surface area contributed by atoms with E-state index in [2.05, 4.69) is 0 Å². The zero-order chi connectivity index (χ0) is 23.5. The number of carbonyl (C=O) groups excluding carboxylic acids is 1. The molecule has 0 aliphatic heterocycles. The first-order chi connectivity index (χ1) is 15.9. The van der Waals surface area contributed by atoms with Crippen LogP contribution in [0, 0.1) is 18.6 Å². The third kappa shape index (κ3) is 4.75. The minimum absolute atomic E-state index is 0.310. The minimum Gasteiger partial charge on any atom is -0.410 e. The number of hydrogen-bond acceptors (Lipinski definition) is 2. The molecular weight excluding hydrogens is 422 g/mol. The first-order valence-electron chi connectivity index (χ1n) is 11.0. The maximum atomic E-state index is 13.7. The van der Waals surface area contributed by atoms with E-state index in [0.29, 0.717) is 30.9 Å². The quantitative estimate of drug-likeness (QED) is 0.326.